The third kappa shape index (κ3) is 2.54. The van der Waals surface area contributed by atoms with E-state index in [0.29, 0.717) is 0 Å². The number of allylic oxidation sites excluding steroid dienone is 2. The van der Waals surface area contributed by atoms with E-state index in [1.807, 2.05) is 4.90 Å². The molecule has 1 saturated heterocycles. The Hall–Kier alpha value is -1.13. The number of carbonyl (C=O) groups is 1. The van der Waals surface area contributed by atoms with Crippen molar-refractivity contribution in [3.63, 3.8) is 0 Å². The van der Waals surface area contributed by atoms with E-state index >= 15 is 0 Å². The predicted molar refractivity (Wildman–Crippen MR) is 78.2 cm³/mol. The van der Waals surface area contributed by atoms with E-state index < -0.39 is 0 Å². The van der Waals surface area contributed by atoms with Crippen molar-refractivity contribution in [2.75, 3.05) is 39.8 Å². The number of hydrogen-bond acceptors (Lipinski definition) is 3. The summed E-state index contributed by atoms with van der Waals surface area (Å²) in [6.45, 7) is 3.82. The minimum Gasteiger partial charge on any atom is -0.396 e. The van der Waals surface area contributed by atoms with Crippen molar-refractivity contribution < 1.29 is 9.90 Å². The number of likely N-dealkylation sites (N-methyl/N-ethyl adjacent to an activating group) is 1. The highest BCUT2D eigenvalue weighted by Crippen LogP contribution is 2.40. The summed E-state index contributed by atoms with van der Waals surface area (Å²) in [6.07, 6.45) is 6.16. The normalized spacial score (nSPS) is 27.6. The second-order valence-corrected chi connectivity index (χ2v) is 6.26. The second-order valence-electron chi connectivity index (χ2n) is 6.26. The molecule has 1 fully saturated rings. The molecular weight excluding hydrogens is 252 g/mol. The fourth-order valence-corrected chi connectivity index (χ4v) is 3.58. The zero-order chi connectivity index (χ0) is 14.1. The molecule has 1 aliphatic heterocycles. The molecule has 2 aliphatic carbocycles. The van der Waals surface area contributed by atoms with Crippen LogP contribution in [0.1, 0.15) is 25.7 Å². The average molecular weight is 276 g/mol. The SMILES string of the molecule is CN1CCN(C(=O)C2=CC3=C(C2)C(CO)CCC3)CC1. The third-order valence-electron chi connectivity index (χ3n) is 4.92. The van der Waals surface area contributed by atoms with E-state index in [1.54, 1.807) is 0 Å². The highest BCUT2D eigenvalue weighted by Gasteiger charge is 2.31. The lowest BCUT2D eigenvalue weighted by Gasteiger charge is -2.32. The molecule has 0 saturated carbocycles. The predicted octanol–water partition coefficient (Wildman–Crippen LogP) is 1.18. The average Bonchev–Trinajstić information content (AvgIpc) is 2.91. The zero-order valence-electron chi connectivity index (χ0n) is 12.3. The maximum atomic E-state index is 12.6. The molecule has 3 rings (SSSR count). The molecular formula is C16H24N2O2. The first-order valence-electron chi connectivity index (χ1n) is 7.70. The van der Waals surface area contributed by atoms with Gasteiger partial charge in [-0.05, 0) is 38.3 Å². The van der Waals surface area contributed by atoms with Crippen molar-refractivity contribution in [3.05, 3.63) is 22.8 Å². The van der Waals surface area contributed by atoms with Crippen LogP contribution in [-0.2, 0) is 4.79 Å². The van der Waals surface area contributed by atoms with Crippen LogP contribution in [0.5, 0.6) is 0 Å². The van der Waals surface area contributed by atoms with E-state index in [1.165, 1.54) is 11.1 Å². The van der Waals surface area contributed by atoms with Crippen molar-refractivity contribution in [2.24, 2.45) is 5.92 Å². The molecule has 0 aromatic heterocycles. The Morgan fingerprint density at radius 2 is 2.10 bits per heavy atom. The van der Waals surface area contributed by atoms with Gasteiger partial charge in [0, 0.05) is 44.3 Å². The number of piperazine rings is 1. The number of aliphatic hydroxyl groups excluding tert-OH is 1. The first-order valence-corrected chi connectivity index (χ1v) is 7.70. The van der Waals surface area contributed by atoms with Crippen molar-refractivity contribution in [1.29, 1.82) is 0 Å². The molecule has 0 spiro atoms. The van der Waals surface area contributed by atoms with E-state index in [0.717, 1.165) is 57.4 Å². The minimum atomic E-state index is 0.212. The van der Waals surface area contributed by atoms with E-state index in [-0.39, 0.29) is 18.4 Å². The smallest absolute Gasteiger partial charge is 0.250 e. The standard InChI is InChI=1S/C16H24N2O2/c1-17-5-7-18(8-6-17)16(20)14-9-12-3-2-4-13(11-19)15(12)10-14/h9,13,19H,2-8,10-11H2,1H3. The van der Waals surface area contributed by atoms with Crippen molar-refractivity contribution >= 4 is 5.91 Å². The summed E-state index contributed by atoms with van der Waals surface area (Å²) in [7, 11) is 2.10. The Balaban J connectivity index is 1.67. The van der Waals surface area contributed by atoms with Crippen LogP contribution in [0.4, 0.5) is 0 Å². The Labute approximate surface area is 120 Å². The van der Waals surface area contributed by atoms with Gasteiger partial charge in [-0.15, -0.1) is 0 Å². The lowest BCUT2D eigenvalue weighted by atomic mass is 9.84. The van der Waals surface area contributed by atoms with Gasteiger partial charge in [-0.25, -0.2) is 0 Å². The fourth-order valence-electron chi connectivity index (χ4n) is 3.58. The summed E-state index contributed by atoms with van der Waals surface area (Å²) in [6, 6.07) is 0. The van der Waals surface area contributed by atoms with Crippen LogP contribution in [0.25, 0.3) is 0 Å². The van der Waals surface area contributed by atoms with E-state index in [2.05, 4.69) is 18.0 Å². The van der Waals surface area contributed by atoms with Gasteiger partial charge in [0.2, 0.25) is 5.91 Å². The monoisotopic (exact) mass is 276 g/mol. The molecule has 1 amide bonds. The van der Waals surface area contributed by atoms with Gasteiger partial charge >= 0.3 is 0 Å². The first-order chi connectivity index (χ1) is 9.69. The third-order valence-corrected chi connectivity index (χ3v) is 4.92. The molecule has 1 N–H and O–H groups in total. The highest BCUT2D eigenvalue weighted by atomic mass is 16.3. The first kappa shape index (κ1) is 13.8. The van der Waals surface area contributed by atoms with Gasteiger partial charge in [0.15, 0.2) is 0 Å². The molecule has 0 radical (unpaired) electrons. The van der Waals surface area contributed by atoms with Crippen LogP contribution in [0.2, 0.25) is 0 Å². The highest BCUT2D eigenvalue weighted by molar-refractivity contribution is 5.95. The summed E-state index contributed by atoms with van der Waals surface area (Å²) >= 11 is 0. The van der Waals surface area contributed by atoms with Gasteiger partial charge < -0.3 is 14.9 Å². The molecule has 4 heteroatoms. The van der Waals surface area contributed by atoms with Crippen molar-refractivity contribution in [2.45, 2.75) is 25.7 Å². The van der Waals surface area contributed by atoms with Gasteiger partial charge in [0.25, 0.3) is 0 Å². The number of rotatable bonds is 2. The molecule has 4 nitrogen and oxygen atoms in total. The van der Waals surface area contributed by atoms with Gasteiger partial charge in [-0.2, -0.15) is 0 Å². The largest absolute Gasteiger partial charge is 0.396 e. The topological polar surface area (TPSA) is 43.8 Å². The maximum absolute atomic E-state index is 12.6. The molecule has 1 unspecified atom stereocenters. The van der Waals surface area contributed by atoms with Gasteiger partial charge in [-0.3, -0.25) is 4.79 Å². The molecule has 1 heterocycles. The van der Waals surface area contributed by atoms with Gasteiger partial charge in [0.05, 0.1) is 0 Å². The molecule has 3 aliphatic rings. The Morgan fingerprint density at radius 1 is 1.35 bits per heavy atom. The van der Waals surface area contributed by atoms with E-state index in [9.17, 15) is 9.90 Å². The lowest BCUT2D eigenvalue weighted by molar-refractivity contribution is -0.128. The molecule has 0 bridgehead atoms. The Kier molecular flexibility index (Phi) is 3.94. The maximum Gasteiger partial charge on any atom is 0.250 e. The minimum absolute atomic E-state index is 0.212. The number of hydrogen-bond donors (Lipinski definition) is 1. The second kappa shape index (κ2) is 5.70. The molecule has 0 aromatic carbocycles. The summed E-state index contributed by atoms with van der Waals surface area (Å²) in [5.41, 5.74) is 3.60. The Morgan fingerprint density at radius 3 is 2.80 bits per heavy atom. The van der Waals surface area contributed by atoms with Crippen molar-refractivity contribution in [1.82, 2.24) is 9.80 Å². The van der Waals surface area contributed by atoms with Gasteiger partial charge in [0.1, 0.15) is 0 Å². The van der Waals surface area contributed by atoms with Crippen LogP contribution in [0, 0.1) is 5.92 Å². The number of aliphatic hydroxyl groups is 1. The summed E-state index contributed by atoms with van der Waals surface area (Å²) < 4.78 is 0. The summed E-state index contributed by atoms with van der Waals surface area (Å²) in [5, 5.41) is 9.48. The van der Waals surface area contributed by atoms with Crippen molar-refractivity contribution in [3.8, 4) is 0 Å². The Bertz CT molecular complexity index is 459. The van der Waals surface area contributed by atoms with Crippen LogP contribution < -0.4 is 0 Å². The lowest BCUT2D eigenvalue weighted by Crippen LogP contribution is -2.47. The molecule has 1 atom stereocenters. The van der Waals surface area contributed by atoms with E-state index in [4.69, 9.17) is 0 Å². The van der Waals surface area contributed by atoms with Crippen LogP contribution in [-0.4, -0.2) is 60.6 Å². The molecule has 20 heavy (non-hydrogen) atoms. The molecule has 110 valence electrons. The fraction of sp³-hybridized carbons (Fsp3) is 0.688. The zero-order valence-corrected chi connectivity index (χ0v) is 12.3. The number of nitrogens with zero attached hydrogens (tertiary/aromatic N) is 2. The quantitative estimate of drug-likeness (QED) is 0.823. The number of amides is 1. The van der Waals surface area contributed by atoms with Crippen LogP contribution >= 0.6 is 0 Å². The van der Waals surface area contributed by atoms with Crippen LogP contribution in [0.15, 0.2) is 22.8 Å². The van der Waals surface area contributed by atoms with Crippen LogP contribution in [0.3, 0.4) is 0 Å². The summed E-state index contributed by atoms with van der Waals surface area (Å²) in [4.78, 5) is 16.8. The summed E-state index contributed by atoms with van der Waals surface area (Å²) in [5.74, 6) is 0.497. The molecule has 0 aromatic rings. The number of carbonyl (C=O) groups excluding carboxylic acids is 1. The van der Waals surface area contributed by atoms with Gasteiger partial charge in [-0.1, -0.05) is 11.6 Å².